The molecule has 0 bridgehead atoms. The first-order valence-electron chi connectivity index (χ1n) is 8.19. The molecular formula is C17H28N6. The van der Waals surface area contributed by atoms with Crippen molar-refractivity contribution < 1.29 is 0 Å². The number of aliphatic imine (C=N–C) groups is 1. The third kappa shape index (κ3) is 5.56. The summed E-state index contributed by atoms with van der Waals surface area (Å²) in [6.45, 7) is 14.6. The van der Waals surface area contributed by atoms with Gasteiger partial charge in [-0.05, 0) is 25.1 Å². The maximum Gasteiger partial charge on any atom is 0.189 e. The molecule has 1 aliphatic rings. The van der Waals surface area contributed by atoms with Crippen molar-refractivity contribution in [2.75, 3.05) is 44.2 Å². The van der Waals surface area contributed by atoms with Crippen LogP contribution in [0.2, 0.25) is 0 Å². The zero-order valence-corrected chi connectivity index (χ0v) is 14.3. The average molecular weight is 316 g/mol. The Labute approximate surface area is 139 Å². The van der Waals surface area contributed by atoms with Gasteiger partial charge in [-0.3, -0.25) is 0 Å². The minimum absolute atomic E-state index is 0.438. The van der Waals surface area contributed by atoms with Crippen molar-refractivity contribution in [2.24, 2.45) is 10.7 Å². The van der Waals surface area contributed by atoms with Gasteiger partial charge in [-0.2, -0.15) is 0 Å². The molecule has 0 aromatic carbocycles. The predicted octanol–water partition coefficient (Wildman–Crippen LogP) is 1.20. The Hall–Kier alpha value is -2.08. The Morgan fingerprint density at radius 3 is 2.65 bits per heavy atom. The molecule has 6 nitrogen and oxygen atoms in total. The molecular weight excluding hydrogens is 288 g/mol. The molecule has 126 valence electrons. The summed E-state index contributed by atoms with van der Waals surface area (Å²) in [6.07, 6.45) is 1.89. The summed E-state index contributed by atoms with van der Waals surface area (Å²) in [5.41, 5.74) is 7.89. The highest BCUT2D eigenvalue weighted by molar-refractivity contribution is 5.78. The van der Waals surface area contributed by atoms with E-state index in [1.165, 1.54) is 0 Å². The van der Waals surface area contributed by atoms with Gasteiger partial charge in [-0.25, -0.2) is 9.98 Å². The summed E-state index contributed by atoms with van der Waals surface area (Å²) in [7, 11) is 0. The fraction of sp³-hybridized carbons (Fsp3) is 0.529. The summed E-state index contributed by atoms with van der Waals surface area (Å²) < 4.78 is 0. The van der Waals surface area contributed by atoms with Crippen LogP contribution in [0.25, 0.3) is 0 Å². The largest absolute Gasteiger partial charge is 0.370 e. The van der Waals surface area contributed by atoms with Gasteiger partial charge >= 0.3 is 0 Å². The zero-order valence-electron chi connectivity index (χ0n) is 14.3. The number of nitrogens with one attached hydrogen (secondary N) is 1. The van der Waals surface area contributed by atoms with E-state index in [0.717, 1.165) is 49.7 Å². The second kappa shape index (κ2) is 8.53. The van der Waals surface area contributed by atoms with E-state index in [1.807, 2.05) is 13.1 Å². The minimum Gasteiger partial charge on any atom is -0.370 e. The molecule has 6 heteroatoms. The molecule has 3 N–H and O–H groups in total. The van der Waals surface area contributed by atoms with Gasteiger partial charge in [0.25, 0.3) is 0 Å². The minimum atomic E-state index is 0.438. The molecule has 1 aromatic heterocycles. The normalized spacial score (nSPS) is 16.4. The fourth-order valence-electron chi connectivity index (χ4n) is 2.46. The maximum atomic E-state index is 5.81. The van der Waals surface area contributed by atoms with Crippen LogP contribution in [0, 0.1) is 0 Å². The van der Waals surface area contributed by atoms with Gasteiger partial charge in [0.1, 0.15) is 5.82 Å². The first-order valence-corrected chi connectivity index (χ1v) is 8.19. The highest BCUT2D eigenvalue weighted by Crippen LogP contribution is 2.14. The monoisotopic (exact) mass is 316 g/mol. The molecule has 0 spiro atoms. The van der Waals surface area contributed by atoms with Gasteiger partial charge in [0.15, 0.2) is 5.96 Å². The van der Waals surface area contributed by atoms with E-state index in [-0.39, 0.29) is 0 Å². The summed E-state index contributed by atoms with van der Waals surface area (Å²) in [4.78, 5) is 13.7. The predicted molar refractivity (Wildman–Crippen MR) is 96.7 cm³/mol. The van der Waals surface area contributed by atoms with Crippen LogP contribution in [0.1, 0.15) is 19.4 Å². The Morgan fingerprint density at radius 1 is 1.35 bits per heavy atom. The smallest absolute Gasteiger partial charge is 0.189 e. The van der Waals surface area contributed by atoms with Crippen molar-refractivity contribution in [2.45, 2.75) is 20.4 Å². The fourth-order valence-corrected chi connectivity index (χ4v) is 2.46. The second-order valence-corrected chi connectivity index (χ2v) is 5.96. The van der Waals surface area contributed by atoms with E-state index in [4.69, 9.17) is 5.73 Å². The number of hydrogen-bond donors (Lipinski definition) is 2. The van der Waals surface area contributed by atoms with E-state index in [2.05, 4.69) is 50.7 Å². The van der Waals surface area contributed by atoms with E-state index in [0.29, 0.717) is 19.0 Å². The molecule has 0 amide bonds. The SMILES string of the molecule is C=C(C)CNC(N)=NCc1ccc(N2CCN(CC)CC2)nc1. The Bertz CT molecular complexity index is 529. The average Bonchev–Trinajstić information content (AvgIpc) is 2.58. The van der Waals surface area contributed by atoms with Gasteiger partial charge < -0.3 is 20.9 Å². The maximum absolute atomic E-state index is 5.81. The lowest BCUT2D eigenvalue weighted by molar-refractivity contribution is 0.270. The van der Waals surface area contributed by atoms with Crippen LogP contribution in [-0.2, 0) is 6.54 Å². The van der Waals surface area contributed by atoms with Crippen molar-refractivity contribution in [3.05, 3.63) is 36.0 Å². The number of nitrogens with two attached hydrogens (primary N) is 1. The van der Waals surface area contributed by atoms with Crippen LogP contribution in [0.3, 0.4) is 0 Å². The standard InChI is InChI=1S/C17H28N6/c1-4-22-7-9-23(10-8-22)16-6-5-15(12-19-16)13-21-17(18)20-11-14(2)3/h5-6,12H,2,4,7-11,13H2,1,3H3,(H3,18,20,21). The Kier molecular flexibility index (Phi) is 6.40. The summed E-state index contributed by atoms with van der Waals surface area (Å²) in [5, 5.41) is 3.02. The number of anilines is 1. The molecule has 0 unspecified atom stereocenters. The lowest BCUT2D eigenvalue weighted by Crippen LogP contribution is -2.46. The number of piperazine rings is 1. The van der Waals surface area contributed by atoms with Crippen molar-refractivity contribution >= 4 is 11.8 Å². The summed E-state index contributed by atoms with van der Waals surface area (Å²) >= 11 is 0. The number of rotatable bonds is 6. The molecule has 2 heterocycles. The number of nitrogens with zero attached hydrogens (tertiary/aromatic N) is 4. The van der Waals surface area contributed by atoms with Crippen LogP contribution in [0.4, 0.5) is 5.82 Å². The third-order valence-corrected chi connectivity index (χ3v) is 3.96. The van der Waals surface area contributed by atoms with Crippen molar-refractivity contribution in [3.8, 4) is 0 Å². The number of pyridine rings is 1. The molecule has 0 saturated carbocycles. The van der Waals surface area contributed by atoms with Crippen LogP contribution in [-0.4, -0.2) is 55.1 Å². The zero-order chi connectivity index (χ0) is 16.7. The number of aromatic nitrogens is 1. The van der Waals surface area contributed by atoms with Crippen LogP contribution in [0.5, 0.6) is 0 Å². The quantitative estimate of drug-likeness (QED) is 0.469. The van der Waals surface area contributed by atoms with Crippen molar-refractivity contribution in [1.29, 1.82) is 0 Å². The van der Waals surface area contributed by atoms with Gasteiger partial charge in [-0.1, -0.05) is 25.1 Å². The molecule has 1 fully saturated rings. The van der Waals surface area contributed by atoms with Gasteiger partial charge in [0.2, 0.25) is 0 Å². The van der Waals surface area contributed by atoms with Crippen LogP contribution in [0.15, 0.2) is 35.5 Å². The molecule has 23 heavy (non-hydrogen) atoms. The highest BCUT2D eigenvalue weighted by atomic mass is 15.3. The summed E-state index contributed by atoms with van der Waals surface area (Å²) in [5.74, 6) is 1.48. The molecule has 2 rings (SSSR count). The van der Waals surface area contributed by atoms with Gasteiger partial charge in [0.05, 0.1) is 6.54 Å². The van der Waals surface area contributed by atoms with Crippen LogP contribution < -0.4 is 16.0 Å². The Morgan fingerprint density at radius 2 is 2.09 bits per heavy atom. The molecule has 1 saturated heterocycles. The lowest BCUT2D eigenvalue weighted by Gasteiger charge is -2.34. The van der Waals surface area contributed by atoms with Crippen LogP contribution >= 0.6 is 0 Å². The lowest BCUT2D eigenvalue weighted by atomic mass is 10.2. The van der Waals surface area contributed by atoms with E-state index < -0.39 is 0 Å². The molecule has 0 atom stereocenters. The Balaban J connectivity index is 1.85. The highest BCUT2D eigenvalue weighted by Gasteiger charge is 2.16. The summed E-state index contributed by atoms with van der Waals surface area (Å²) in [6, 6.07) is 4.15. The first-order chi connectivity index (χ1) is 11.1. The topological polar surface area (TPSA) is 69.8 Å². The molecule has 0 radical (unpaired) electrons. The van der Waals surface area contributed by atoms with E-state index >= 15 is 0 Å². The molecule has 0 aliphatic carbocycles. The van der Waals surface area contributed by atoms with E-state index in [9.17, 15) is 0 Å². The first kappa shape index (κ1) is 17.3. The van der Waals surface area contributed by atoms with Crippen molar-refractivity contribution in [3.63, 3.8) is 0 Å². The number of hydrogen-bond acceptors (Lipinski definition) is 4. The molecule has 1 aromatic rings. The van der Waals surface area contributed by atoms with E-state index in [1.54, 1.807) is 0 Å². The third-order valence-electron chi connectivity index (χ3n) is 3.96. The van der Waals surface area contributed by atoms with Gasteiger partial charge in [0, 0.05) is 38.9 Å². The number of likely N-dealkylation sites (N-methyl/N-ethyl adjacent to an activating group) is 1. The molecule has 1 aliphatic heterocycles. The number of guanidine groups is 1. The van der Waals surface area contributed by atoms with Crippen molar-refractivity contribution in [1.82, 2.24) is 15.2 Å². The van der Waals surface area contributed by atoms with Gasteiger partial charge in [-0.15, -0.1) is 0 Å². The second-order valence-electron chi connectivity index (χ2n) is 5.96.